The van der Waals surface area contributed by atoms with Crippen molar-refractivity contribution in [1.82, 2.24) is 0 Å². The smallest absolute Gasteiger partial charge is 0.321 e. The van der Waals surface area contributed by atoms with Gasteiger partial charge < -0.3 is 15.9 Å². The molecule has 0 aromatic carbocycles. The van der Waals surface area contributed by atoms with Crippen molar-refractivity contribution in [2.75, 3.05) is 18.1 Å². The lowest BCUT2D eigenvalue weighted by atomic mass is 10.4. The molecule has 0 bridgehead atoms. The van der Waals surface area contributed by atoms with Crippen LogP contribution in [0, 0.1) is 0 Å². The van der Waals surface area contributed by atoms with Crippen molar-refractivity contribution >= 4 is 30.1 Å². The van der Waals surface area contributed by atoms with E-state index in [-0.39, 0.29) is 19.0 Å². The summed E-state index contributed by atoms with van der Waals surface area (Å²) >= 11 is 1.45. The van der Waals surface area contributed by atoms with Crippen molar-refractivity contribution in [3.05, 3.63) is 0 Å². The minimum atomic E-state index is -0.971. The number of carboxylic acid groups (broad SMARTS) is 1. The maximum atomic E-state index is 10.2. The Morgan fingerprint density at radius 3 is 2.58 bits per heavy atom. The molecule has 0 aliphatic heterocycles. The lowest BCUT2D eigenvalue weighted by molar-refractivity contribution is -0.137. The zero-order chi connectivity index (χ0) is 8.69. The predicted octanol–water partition coefficient (Wildman–Crippen LogP) is -0.0643. The van der Waals surface area contributed by atoms with E-state index >= 15 is 0 Å². The van der Waals surface area contributed by atoms with Gasteiger partial charge in [-0.2, -0.15) is 11.8 Å². The van der Waals surface area contributed by atoms with Gasteiger partial charge >= 0.3 is 5.97 Å². The quantitative estimate of drug-likeness (QED) is 0.541. The molecule has 0 spiro atoms. The van der Waals surface area contributed by atoms with Gasteiger partial charge in [0.2, 0.25) is 0 Å². The summed E-state index contributed by atoms with van der Waals surface area (Å²) < 4.78 is 0. The maximum absolute atomic E-state index is 10.2. The summed E-state index contributed by atoms with van der Waals surface area (Å²) in [5.41, 5.74) is 5.22. The third kappa shape index (κ3) is 8.13. The standard InChI is InChI=1S/C6H13NO3S.ClH/c7-5(6(9)10)4-11-3-1-2-8;/h5,8H,1-4,7H2,(H,9,10);1H. The molecule has 0 aliphatic carbocycles. The monoisotopic (exact) mass is 215 g/mol. The molecule has 1 atom stereocenters. The minimum absolute atomic E-state index is 0. The lowest BCUT2D eigenvalue weighted by Crippen LogP contribution is -2.32. The van der Waals surface area contributed by atoms with E-state index in [1.807, 2.05) is 0 Å². The van der Waals surface area contributed by atoms with Crippen molar-refractivity contribution in [2.45, 2.75) is 12.5 Å². The van der Waals surface area contributed by atoms with E-state index in [4.69, 9.17) is 15.9 Å². The normalized spacial score (nSPS) is 11.8. The summed E-state index contributed by atoms with van der Waals surface area (Å²) in [5, 5.41) is 16.7. The Kier molecular flexibility index (Phi) is 11.1. The number of halogens is 1. The van der Waals surface area contributed by atoms with Gasteiger partial charge in [-0.25, -0.2) is 0 Å². The number of hydrogen-bond donors (Lipinski definition) is 3. The number of carbonyl (C=O) groups is 1. The Morgan fingerprint density at radius 2 is 2.17 bits per heavy atom. The third-order valence-electron chi connectivity index (χ3n) is 1.06. The summed E-state index contributed by atoms with van der Waals surface area (Å²) in [7, 11) is 0. The highest BCUT2D eigenvalue weighted by Crippen LogP contribution is 2.03. The number of thioether (sulfide) groups is 1. The number of aliphatic hydroxyl groups excluding tert-OH is 1. The van der Waals surface area contributed by atoms with Crippen LogP contribution in [0.15, 0.2) is 0 Å². The molecule has 6 heteroatoms. The van der Waals surface area contributed by atoms with E-state index < -0.39 is 12.0 Å². The van der Waals surface area contributed by atoms with Gasteiger partial charge in [0.1, 0.15) is 6.04 Å². The second-order valence-corrected chi connectivity index (χ2v) is 3.25. The molecular weight excluding hydrogens is 202 g/mol. The van der Waals surface area contributed by atoms with Crippen LogP contribution in [0.5, 0.6) is 0 Å². The predicted molar refractivity (Wildman–Crippen MR) is 51.9 cm³/mol. The Bertz CT molecular complexity index is 125. The van der Waals surface area contributed by atoms with E-state index in [2.05, 4.69) is 0 Å². The molecule has 0 heterocycles. The molecule has 4 nitrogen and oxygen atoms in total. The van der Waals surface area contributed by atoms with Crippen molar-refractivity contribution in [3.8, 4) is 0 Å². The number of rotatable bonds is 6. The van der Waals surface area contributed by atoms with Gasteiger partial charge in [-0.05, 0) is 12.2 Å². The fourth-order valence-electron chi connectivity index (χ4n) is 0.448. The molecule has 0 radical (unpaired) electrons. The van der Waals surface area contributed by atoms with Crippen LogP contribution in [0.3, 0.4) is 0 Å². The van der Waals surface area contributed by atoms with Gasteiger partial charge in [-0.3, -0.25) is 4.79 Å². The van der Waals surface area contributed by atoms with Gasteiger partial charge in [0.05, 0.1) is 0 Å². The van der Waals surface area contributed by atoms with Crippen LogP contribution in [0.1, 0.15) is 6.42 Å². The molecule has 0 aromatic rings. The first kappa shape index (κ1) is 14.5. The molecule has 0 aromatic heterocycles. The third-order valence-corrected chi connectivity index (χ3v) is 2.23. The molecular formula is C6H14ClNO3S. The highest BCUT2D eigenvalue weighted by molar-refractivity contribution is 7.99. The average molecular weight is 216 g/mol. The number of carboxylic acids is 1. The molecule has 0 saturated heterocycles. The summed E-state index contributed by atoms with van der Waals surface area (Å²) in [6.07, 6.45) is 0.691. The maximum Gasteiger partial charge on any atom is 0.321 e. The fraction of sp³-hybridized carbons (Fsp3) is 0.833. The van der Waals surface area contributed by atoms with Gasteiger partial charge in [-0.15, -0.1) is 12.4 Å². The average Bonchev–Trinajstić information content (AvgIpc) is 1.97. The van der Waals surface area contributed by atoms with E-state index in [9.17, 15) is 4.79 Å². The Labute approximate surface area is 81.9 Å². The van der Waals surface area contributed by atoms with E-state index in [0.717, 1.165) is 5.75 Å². The first-order valence-corrected chi connectivity index (χ1v) is 4.51. The van der Waals surface area contributed by atoms with Crippen LogP contribution in [-0.4, -0.2) is 40.3 Å². The van der Waals surface area contributed by atoms with E-state index in [0.29, 0.717) is 12.2 Å². The van der Waals surface area contributed by atoms with Gasteiger partial charge in [-0.1, -0.05) is 0 Å². The highest BCUT2D eigenvalue weighted by Gasteiger charge is 2.09. The first-order valence-electron chi connectivity index (χ1n) is 3.35. The Balaban J connectivity index is 0. The summed E-state index contributed by atoms with van der Waals surface area (Å²) in [4.78, 5) is 10.2. The molecule has 74 valence electrons. The molecule has 12 heavy (non-hydrogen) atoms. The molecule has 1 unspecified atom stereocenters. The molecule has 4 N–H and O–H groups in total. The minimum Gasteiger partial charge on any atom is -0.480 e. The van der Waals surface area contributed by atoms with Crippen molar-refractivity contribution in [2.24, 2.45) is 5.73 Å². The molecule has 0 aliphatic rings. The number of aliphatic hydroxyl groups is 1. The van der Waals surface area contributed by atoms with E-state index in [1.165, 1.54) is 11.8 Å². The zero-order valence-corrected chi connectivity index (χ0v) is 8.24. The van der Waals surface area contributed by atoms with Crippen LogP contribution in [0.4, 0.5) is 0 Å². The summed E-state index contributed by atoms with van der Waals surface area (Å²) in [6, 6.07) is -0.779. The second-order valence-electron chi connectivity index (χ2n) is 2.10. The van der Waals surface area contributed by atoms with Crippen LogP contribution >= 0.6 is 24.2 Å². The largest absolute Gasteiger partial charge is 0.480 e. The first-order chi connectivity index (χ1) is 5.18. The topological polar surface area (TPSA) is 83.5 Å². The zero-order valence-electron chi connectivity index (χ0n) is 6.60. The van der Waals surface area contributed by atoms with Gasteiger partial charge in [0, 0.05) is 12.4 Å². The van der Waals surface area contributed by atoms with Crippen molar-refractivity contribution < 1.29 is 15.0 Å². The summed E-state index contributed by atoms with van der Waals surface area (Å²) in [5.74, 6) is 0.203. The highest BCUT2D eigenvalue weighted by atomic mass is 35.5. The summed E-state index contributed by atoms with van der Waals surface area (Å²) in [6.45, 7) is 0.148. The molecule has 0 rings (SSSR count). The molecule has 0 saturated carbocycles. The van der Waals surface area contributed by atoms with Gasteiger partial charge in [0.15, 0.2) is 0 Å². The van der Waals surface area contributed by atoms with Crippen molar-refractivity contribution in [3.63, 3.8) is 0 Å². The molecule has 0 fully saturated rings. The lowest BCUT2D eigenvalue weighted by Gasteiger charge is -2.04. The van der Waals surface area contributed by atoms with Crippen LogP contribution in [-0.2, 0) is 4.79 Å². The fourth-order valence-corrected chi connectivity index (χ4v) is 1.34. The van der Waals surface area contributed by atoms with E-state index in [1.54, 1.807) is 0 Å². The van der Waals surface area contributed by atoms with Crippen LogP contribution in [0.2, 0.25) is 0 Å². The van der Waals surface area contributed by atoms with Crippen molar-refractivity contribution in [1.29, 1.82) is 0 Å². The van der Waals surface area contributed by atoms with Crippen LogP contribution < -0.4 is 5.73 Å². The molecule has 0 amide bonds. The Morgan fingerprint density at radius 1 is 1.58 bits per heavy atom. The second kappa shape index (κ2) is 9.12. The number of aliphatic carboxylic acids is 1. The van der Waals surface area contributed by atoms with Crippen LogP contribution in [0.25, 0.3) is 0 Å². The van der Waals surface area contributed by atoms with Gasteiger partial charge in [0.25, 0.3) is 0 Å². The Hall–Kier alpha value is 0.0300. The number of nitrogens with two attached hydrogens (primary N) is 1. The number of hydrogen-bond acceptors (Lipinski definition) is 4. The SMILES string of the molecule is Cl.NC(CSCCCO)C(=O)O.